The van der Waals surface area contributed by atoms with E-state index in [0.29, 0.717) is 50.3 Å². The van der Waals surface area contributed by atoms with Crippen molar-refractivity contribution < 1.29 is 14.3 Å². The van der Waals surface area contributed by atoms with E-state index in [1.807, 2.05) is 62.4 Å². The Kier molecular flexibility index (Phi) is 7.83. The minimum absolute atomic E-state index is 0.235. The number of nitrogens with one attached hydrogen (secondary N) is 1. The molecule has 0 spiro atoms. The van der Waals surface area contributed by atoms with Crippen LogP contribution in [0.4, 0.5) is 5.69 Å². The third kappa shape index (κ3) is 6.14. The van der Waals surface area contributed by atoms with E-state index >= 15 is 0 Å². The Morgan fingerprint density at radius 3 is 2.32 bits per heavy atom. The smallest absolute Gasteiger partial charge is 0.264 e. The predicted molar refractivity (Wildman–Crippen MR) is 140 cm³/mol. The van der Waals surface area contributed by atoms with Crippen LogP contribution in [0.3, 0.4) is 0 Å². The zero-order valence-corrected chi connectivity index (χ0v) is 20.9. The molecule has 4 rings (SSSR count). The second-order valence-corrected chi connectivity index (χ2v) is 9.34. The summed E-state index contributed by atoms with van der Waals surface area (Å²) in [7, 11) is 0. The molecule has 3 aromatic carbocycles. The van der Waals surface area contributed by atoms with Crippen LogP contribution in [-0.2, 0) is 11.4 Å². The summed E-state index contributed by atoms with van der Waals surface area (Å²) in [5.41, 5.74) is 3.60. The Bertz CT molecular complexity index is 1230. The van der Waals surface area contributed by atoms with Gasteiger partial charge in [0.25, 0.3) is 5.91 Å². The molecule has 0 saturated carbocycles. The Morgan fingerprint density at radius 2 is 1.68 bits per heavy atom. The molecular weight excluding hydrogens is 491 g/mol. The first-order valence-electron chi connectivity index (χ1n) is 10.6. The van der Waals surface area contributed by atoms with Crippen LogP contribution in [0.2, 0.25) is 10.0 Å². The molecule has 3 aromatic rings. The first kappa shape index (κ1) is 24.2. The minimum atomic E-state index is -0.235. The van der Waals surface area contributed by atoms with Gasteiger partial charge in [0.1, 0.15) is 12.4 Å². The van der Waals surface area contributed by atoms with E-state index in [0.717, 1.165) is 11.3 Å². The fraction of sp³-hybridized carbons (Fsp3) is 0.154. The highest BCUT2D eigenvalue weighted by Crippen LogP contribution is 2.37. The number of carbonyl (C=O) groups excluding carboxylic acids is 1. The van der Waals surface area contributed by atoms with E-state index in [-0.39, 0.29) is 5.91 Å². The molecule has 0 aliphatic carbocycles. The molecule has 1 aliphatic rings. The number of hydrogen-bond acceptors (Lipinski definition) is 5. The highest BCUT2D eigenvalue weighted by Gasteiger charge is 2.24. The lowest BCUT2D eigenvalue weighted by molar-refractivity contribution is -0.115. The summed E-state index contributed by atoms with van der Waals surface area (Å²) >= 11 is 14.1. The van der Waals surface area contributed by atoms with Crippen LogP contribution < -0.4 is 14.8 Å². The summed E-state index contributed by atoms with van der Waals surface area (Å²) in [5, 5.41) is 4.02. The van der Waals surface area contributed by atoms with Crippen molar-refractivity contribution in [3.8, 4) is 11.5 Å². The van der Waals surface area contributed by atoms with Gasteiger partial charge in [0, 0.05) is 0 Å². The lowest BCUT2D eigenvalue weighted by Crippen LogP contribution is -2.19. The van der Waals surface area contributed by atoms with Crippen LogP contribution >= 0.6 is 35.0 Å². The van der Waals surface area contributed by atoms with Gasteiger partial charge < -0.3 is 14.8 Å². The first-order valence-corrected chi connectivity index (χ1v) is 12.2. The molecule has 0 radical (unpaired) electrons. The molecule has 34 heavy (non-hydrogen) atoms. The number of aliphatic imine (C=N–C) groups is 1. The molecule has 0 bridgehead atoms. The molecule has 0 unspecified atom stereocenters. The second-order valence-electron chi connectivity index (χ2n) is 7.50. The second kappa shape index (κ2) is 11.0. The summed E-state index contributed by atoms with van der Waals surface area (Å²) in [5.74, 6) is 0.948. The number of thioether (sulfide) groups is 1. The number of nitrogens with zero attached hydrogens (tertiary/aromatic N) is 1. The van der Waals surface area contributed by atoms with Crippen molar-refractivity contribution in [3.63, 3.8) is 0 Å². The van der Waals surface area contributed by atoms with E-state index in [1.54, 1.807) is 18.2 Å². The van der Waals surface area contributed by atoms with Crippen molar-refractivity contribution in [1.82, 2.24) is 5.32 Å². The normalized spacial score (nSPS) is 15.6. The standard InChI is InChI=1S/C26H22Cl2N2O3S/c1-3-32-20-10-8-19(9-11-20)29-26-30-25(31)23(34-26)14-18-12-21(27)24(22(28)13-18)33-15-17-6-4-16(2)5-7-17/h4-14H,3,15H2,1-2H3,(H,29,30,31)/b23-14+. The largest absolute Gasteiger partial charge is 0.494 e. The molecule has 1 amide bonds. The van der Waals surface area contributed by atoms with Gasteiger partial charge >= 0.3 is 0 Å². The third-order valence-electron chi connectivity index (χ3n) is 4.85. The van der Waals surface area contributed by atoms with Crippen molar-refractivity contribution in [2.75, 3.05) is 6.61 Å². The quantitative estimate of drug-likeness (QED) is 0.340. The van der Waals surface area contributed by atoms with Gasteiger partial charge in [-0.1, -0.05) is 53.0 Å². The van der Waals surface area contributed by atoms with Crippen LogP contribution in [0.5, 0.6) is 11.5 Å². The monoisotopic (exact) mass is 512 g/mol. The number of benzene rings is 3. The molecule has 1 N–H and O–H groups in total. The molecule has 5 nitrogen and oxygen atoms in total. The lowest BCUT2D eigenvalue weighted by Gasteiger charge is -2.11. The van der Waals surface area contributed by atoms with E-state index in [9.17, 15) is 4.79 Å². The van der Waals surface area contributed by atoms with Gasteiger partial charge in [-0.25, -0.2) is 4.99 Å². The zero-order valence-electron chi connectivity index (χ0n) is 18.6. The van der Waals surface area contributed by atoms with Gasteiger partial charge in [-0.2, -0.15) is 0 Å². The fourth-order valence-corrected chi connectivity index (χ4v) is 4.63. The average Bonchev–Trinajstić information content (AvgIpc) is 3.14. The van der Waals surface area contributed by atoms with Crippen molar-refractivity contribution in [3.05, 3.63) is 92.3 Å². The van der Waals surface area contributed by atoms with Crippen molar-refractivity contribution in [2.24, 2.45) is 4.99 Å². The van der Waals surface area contributed by atoms with E-state index in [2.05, 4.69) is 10.3 Å². The Balaban J connectivity index is 1.46. The number of ether oxygens (including phenoxy) is 2. The highest BCUT2D eigenvalue weighted by molar-refractivity contribution is 8.18. The number of aryl methyl sites for hydroxylation is 1. The number of amidine groups is 1. The van der Waals surface area contributed by atoms with Crippen LogP contribution in [0.25, 0.3) is 6.08 Å². The van der Waals surface area contributed by atoms with Crippen LogP contribution in [0.15, 0.2) is 70.6 Å². The van der Waals surface area contributed by atoms with E-state index in [4.69, 9.17) is 32.7 Å². The molecule has 1 aliphatic heterocycles. The summed E-state index contributed by atoms with van der Waals surface area (Å²) < 4.78 is 11.3. The van der Waals surface area contributed by atoms with Gasteiger partial charge in [-0.15, -0.1) is 0 Å². The number of amides is 1. The number of carbonyl (C=O) groups is 1. The lowest BCUT2D eigenvalue weighted by atomic mass is 10.1. The molecule has 174 valence electrons. The average molecular weight is 513 g/mol. The maximum Gasteiger partial charge on any atom is 0.264 e. The van der Waals surface area contributed by atoms with Gasteiger partial charge in [-0.3, -0.25) is 4.79 Å². The summed E-state index contributed by atoms with van der Waals surface area (Å²) in [6.45, 7) is 4.91. The first-order chi connectivity index (χ1) is 16.4. The van der Waals surface area contributed by atoms with Crippen LogP contribution in [0.1, 0.15) is 23.6 Å². The fourth-order valence-electron chi connectivity index (χ4n) is 3.17. The van der Waals surface area contributed by atoms with Crippen LogP contribution in [-0.4, -0.2) is 17.7 Å². The minimum Gasteiger partial charge on any atom is -0.494 e. The maximum atomic E-state index is 12.4. The Morgan fingerprint density at radius 1 is 1.00 bits per heavy atom. The third-order valence-corrected chi connectivity index (χ3v) is 6.32. The van der Waals surface area contributed by atoms with Gasteiger partial charge in [0.2, 0.25) is 0 Å². The number of halogens is 2. The van der Waals surface area contributed by atoms with E-state index in [1.165, 1.54) is 17.3 Å². The maximum absolute atomic E-state index is 12.4. The number of rotatable bonds is 7. The molecule has 0 aromatic heterocycles. The molecule has 1 heterocycles. The Hall–Kier alpha value is -2.93. The summed E-state index contributed by atoms with van der Waals surface area (Å²) in [6, 6.07) is 18.8. The van der Waals surface area contributed by atoms with Crippen molar-refractivity contribution >= 4 is 57.8 Å². The molecule has 0 atom stereocenters. The summed E-state index contributed by atoms with van der Waals surface area (Å²) in [6.07, 6.45) is 1.72. The van der Waals surface area contributed by atoms with E-state index < -0.39 is 0 Å². The molecular formula is C26H22Cl2N2O3S. The topological polar surface area (TPSA) is 59.9 Å². The molecule has 8 heteroatoms. The summed E-state index contributed by atoms with van der Waals surface area (Å²) in [4.78, 5) is 17.4. The Labute approximate surface area is 212 Å². The SMILES string of the molecule is CCOc1ccc(N=C2NC(=O)/C(=C\c3cc(Cl)c(OCc4ccc(C)cc4)c(Cl)c3)S2)cc1. The van der Waals surface area contributed by atoms with Crippen molar-refractivity contribution in [2.45, 2.75) is 20.5 Å². The van der Waals surface area contributed by atoms with Gasteiger partial charge in [0.15, 0.2) is 10.9 Å². The predicted octanol–water partition coefficient (Wildman–Crippen LogP) is 7.17. The van der Waals surface area contributed by atoms with Crippen LogP contribution in [0, 0.1) is 6.92 Å². The number of hydrogen-bond donors (Lipinski definition) is 1. The molecule has 1 fully saturated rings. The van der Waals surface area contributed by atoms with Gasteiger partial charge in [0.05, 0.1) is 27.2 Å². The zero-order chi connectivity index (χ0) is 24.1. The van der Waals surface area contributed by atoms with Gasteiger partial charge in [-0.05, 0) is 79.2 Å². The highest BCUT2D eigenvalue weighted by atomic mass is 35.5. The van der Waals surface area contributed by atoms with Crippen molar-refractivity contribution in [1.29, 1.82) is 0 Å². The molecule has 1 saturated heterocycles.